The summed E-state index contributed by atoms with van der Waals surface area (Å²) < 4.78 is 34.1. The van der Waals surface area contributed by atoms with Gasteiger partial charge in [-0.05, 0) is 31.9 Å². The monoisotopic (exact) mass is 358 g/mol. The Balaban J connectivity index is 0.000000238. The molecule has 0 atom stereocenters. The van der Waals surface area contributed by atoms with E-state index in [2.05, 4.69) is 0 Å². The SMILES string of the molecule is Cc1c(CCO)sc[n+]1N.Cc1cc(C)c(S(=O)(=O)[O-])c(C)c1. The van der Waals surface area contributed by atoms with Crippen molar-refractivity contribution >= 4 is 21.5 Å². The molecule has 0 aliphatic carbocycles. The maximum atomic E-state index is 10.8. The van der Waals surface area contributed by atoms with E-state index in [0.717, 1.165) is 16.1 Å². The molecule has 3 N–H and O–H groups in total. The van der Waals surface area contributed by atoms with Gasteiger partial charge in [0.05, 0.1) is 9.77 Å². The van der Waals surface area contributed by atoms with Crippen molar-refractivity contribution in [3.05, 3.63) is 44.9 Å². The van der Waals surface area contributed by atoms with Crippen LogP contribution in [0.4, 0.5) is 0 Å². The molecule has 0 radical (unpaired) electrons. The Morgan fingerprint density at radius 1 is 1.22 bits per heavy atom. The second kappa shape index (κ2) is 7.87. The number of nitrogens with zero attached hydrogens (tertiary/aromatic N) is 1. The topological polar surface area (TPSA) is 107 Å². The number of thiazole rings is 1. The van der Waals surface area contributed by atoms with Crippen LogP contribution in [0.2, 0.25) is 0 Å². The van der Waals surface area contributed by atoms with Crippen LogP contribution in [0.15, 0.2) is 22.5 Å². The van der Waals surface area contributed by atoms with E-state index in [1.165, 1.54) is 0 Å². The highest BCUT2D eigenvalue weighted by Crippen LogP contribution is 2.20. The van der Waals surface area contributed by atoms with E-state index in [1.54, 1.807) is 42.0 Å². The van der Waals surface area contributed by atoms with Gasteiger partial charge in [-0.15, -0.1) is 0 Å². The first-order valence-corrected chi connectivity index (χ1v) is 9.25. The van der Waals surface area contributed by atoms with E-state index in [-0.39, 0.29) is 11.5 Å². The maximum Gasteiger partial charge on any atom is 0.254 e. The van der Waals surface area contributed by atoms with Gasteiger partial charge in [-0.3, -0.25) is 0 Å². The molecule has 0 saturated heterocycles. The van der Waals surface area contributed by atoms with Gasteiger partial charge in [0.1, 0.15) is 10.1 Å². The normalized spacial score (nSPS) is 11.0. The van der Waals surface area contributed by atoms with Gasteiger partial charge >= 0.3 is 0 Å². The minimum Gasteiger partial charge on any atom is -0.744 e. The first-order chi connectivity index (χ1) is 10.6. The van der Waals surface area contributed by atoms with Crippen molar-refractivity contribution < 1.29 is 22.8 Å². The van der Waals surface area contributed by atoms with Gasteiger partial charge in [0, 0.05) is 20.0 Å². The van der Waals surface area contributed by atoms with Crippen molar-refractivity contribution in [1.29, 1.82) is 0 Å². The van der Waals surface area contributed by atoms with E-state index < -0.39 is 10.1 Å². The zero-order valence-electron chi connectivity index (χ0n) is 13.7. The standard InChI is InChI=1S/C9H12O3S.C6H11N2OS/c1-6-4-7(2)9(8(3)5-6)13(10,11)12;1-5-6(2-3-9)10-4-8(5)7/h4-5H,1-3H3,(H,10,11,12);4,9H,2-3,7H2,1H3/q;+1/p-1. The average molecular weight is 358 g/mol. The van der Waals surface area contributed by atoms with Crippen LogP contribution in [-0.2, 0) is 16.5 Å². The molecule has 0 bridgehead atoms. The zero-order valence-corrected chi connectivity index (χ0v) is 15.3. The molecule has 128 valence electrons. The summed E-state index contributed by atoms with van der Waals surface area (Å²) in [6, 6.07) is 3.38. The first kappa shape index (κ1) is 19.6. The number of aromatic nitrogens is 1. The summed E-state index contributed by atoms with van der Waals surface area (Å²) in [5.41, 5.74) is 4.88. The minimum absolute atomic E-state index is 0.0851. The molecule has 0 amide bonds. The third kappa shape index (κ3) is 5.28. The summed E-state index contributed by atoms with van der Waals surface area (Å²) in [6.07, 6.45) is 0.709. The molecule has 0 saturated carbocycles. The lowest BCUT2D eigenvalue weighted by atomic mass is 10.1. The van der Waals surface area contributed by atoms with Crippen molar-refractivity contribution in [2.45, 2.75) is 39.0 Å². The molecule has 1 aromatic carbocycles. The van der Waals surface area contributed by atoms with Gasteiger partial charge in [0.15, 0.2) is 0 Å². The minimum atomic E-state index is -4.33. The van der Waals surface area contributed by atoms with Crippen molar-refractivity contribution in [2.24, 2.45) is 0 Å². The Bertz CT molecular complexity index is 760. The number of aryl methyl sites for hydroxylation is 3. The largest absolute Gasteiger partial charge is 0.744 e. The van der Waals surface area contributed by atoms with E-state index in [0.29, 0.717) is 17.5 Å². The number of aliphatic hydroxyl groups excluding tert-OH is 1. The fourth-order valence-electron chi connectivity index (χ4n) is 2.33. The molecule has 1 aromatic heterocycles. The van der Waals surface area contributed by atoms with Crippen LogP contribution in [0.3, 0.4) is 0 Å². The van der Waals surface area contributed by atoms with Gasteiger partial charge in [-0.1, -0.05) is 33.7 Å². The lowest BCUT2D eigenvalue weighted by Gasteiger charge is -2.14. The number of hydrogen-bond acceptors (Lipinski definition) is 6. The molecule has 8 heteroatoms. The quantitative estimate of drug-likeness (QED) is 0.485. The molecule has 23 heavy (non-hydrogen) atoms. The number of benzene rings is 1. The van der Waals surface area contributed by atoms with Crippen molar-refractivity contribution in [2.75, 3.05) is 12.4 Å². The van der Waals surface area contributed by atoms with Crippen LogP contribution >= 0.6 is 11.3 Å². The molecule has 0 spiro atoms. The second-order valence-corrected chi connectivity index (χ2v) is 7.55. The van der Waals surface area contributed by atoms with Gasteiger partial charge < -0.3 is 9.66 Å². The Kier molecular flexibility index (Phi) is 6.69. The first-order valence-electron chi connectivity index (χ1n) is 6.96. The summed E-state index contributed by atoms with van der Waals surface area (Å²) in [7, 11) is -4.33. The molecule has 2 aromatic rings. The van der Waals surface area contributed by atoms with Gasteiger partial charge in [0.25, 0.3) is 5.51 Å². The third-order valence-electron chi connectivity index (χ3n) is 3.29. The molecular formula is C15H22N2O4S2. The number of aliphatic hydroxyl groups is 1. The number of rotatable bonds is 3. The highest BCUT2D eigenvalue weighted by atomic mass is 32.2. The average Bonchev–Trinajstić information content (AvgIpc) is 2.69. The summed E-state index contributed by atoms with van der Waals surface area (Å²) >= 11 is 1.58. The third-order valence-corrected chi connectivity index (χ3v) is 5.55. The summed E-state index contributed by atoms with van der Waals surface area (Å²) in [4.78, 5) is 1.07. The van der Waals surface area contributed by atoms with Crippen molar-refractivity contribution in [3.63, 3.8) is 0 Å². The predicted molar refractivity (Wildman–Crippen MR) is 88.8 cm³/mol. The molecule has 0 aliphatic heterocycles. The van der Waals surface area contributed by atoms with Crippen molar-refractivity contribution in [1.82, 2.24) is 0 Å². The lowest BCUT2D eigenvalue weighted by Crippen LogP contribution is -2.44. The smallest absolute Gasteiger partial charge is 0.254 e. The molecule has 0 fully saturated rings. The molecule has 0 unspecified atom stereocenters. The second-order valence-electron chi connectivity index (χ2n) is 5.29. The van der Waals surface area contributed by atoms with E-state index in [9.17, 15) is 13.0 Å². The van der Waals surface area contributed by atoms with Crippen LogP contribution in [-0.4, -0.2) is 24.7 Å². The fourth-order valence-corrected chi connectivity index (χ4v) is 4.12. The van der Waals surface area contributed by atoms with E-state index in [1.807, 2.05) is 19.4 Å². The molecule has 0 aliphatic rings. The van der Waals surface area contributed by atoms with Crippen LogP contribution in [0.25, 0.3) is 0 Å². The number of nitrogen functional groups attached to an aromatic ring is 1. The summed E-state index contributed by atoms with van der Waals surface area (Å²) in [5.74, 6) is 5.52. The van der Waals surface area contributed by atoms with E-state index in [4.69, 9.17) is 10.9 Å². The van der Waals surface area contributed by atoms with Gasteiger partial charge in [-0.25, -0.2) is 14.3 Å². The van der Waals surface area contributed by atoms with Gasteiger partial charge in [0.2, 0.25) is 5.69 Å². The Morgan fingerprint density at radius 2 is 1.74 bits per heavy atom. The molecule has 1 heterocycles. The highest BCUT2D eigenvalue weighted by molar-refractivity contribution is 7.85. The van der Waals surface area contributed by atoms with Crippen LogP contribution in [0.1, 0.15) is 27.3 Å². The lowest BCUT2D eigenvalue weighted by molar-refractivity contribution is -0.640. The van der Waals surface area contributed by atoms with E-state index >= 15 is 0 Å². The molecule has 2 rings (SSSR count). The van der Waals surface area contributed by atoms with Gasteiger partial charge in [-0.2, -0.15) is 0 Å². The van der Waals surface area contributed by atoms with Crippen LogP contribution in [0, 0.1) is 27.7 Å². The van der Waals surface area contributed by atoms with Crippen LogP contribution < -0.4 is 10.5 Å². The molecule has 6 nitrogen and oxygen atoms in total. The summed E-state index contributed by atoms with van der Waals surface area (Å²) in [5, 5.41) is 8.61. The van der Waals surface area contributed by atoms with Crippen LogP contribution in [0.5, 0.6) is 0 Å². The number of nitrogens with two attached hydrogens (primary N) is 1. The maximum absolute atomic E-state index is 10.8. The number of hydrogen-bond donors (Lipinski definition) is 2. The van der Waals surface area contributed by atoms with Crippen molar-refractivity contribution in [3.8, 4) is 0 Å². The Hall–Kier alpha value is -1.48. The Morgan fingerprint density at radius 3 is 2.09 bits per heavy atom. The summed E-state index contributed by atoms with van der Waals surface area (Å²) in [6.45, 7) is 7.26. The Labute approximate surface area is 140 Å². The highest BCUT2D eigenvalue weighted by Gasteiger charge is 2.11. The fraction of sp³-hybridized carbons (Fsp3) is 0.400. The zero-order chi connectivity index (χ0) is 17.8. The predicted octanol–water partition coefficient (Wildman–Crippen LogP) is 1.11. The molecular weight excluding hydrogens is 336 g/mol.